The van der Waals surface area contributed by atoms with Crippen molar-refractivity contribution in [3.05, 3.63) is 60.2 Å². The van der Waals surface area contributed by atoms with Crippen LogP contribution in [0.3, 0.4) is 0 Å². The van der Waals surface area contributed by atoms with E-state index >= 15 is 0 Å². The minimum Gasteiger partial charge on any atom is -0.357 e. The summed E-state index contributed by atoms with van der Waals surface area (Å²) in [6, 6.07) is 15.1. The minimum absolute atomic E-state index is 0. The van der Waals surface area contributed by atoms with Gasteiger partial charge < -0.3 is 10.2 Å². The number of guanidine groups is 1. The van der Waals surface area contributed by atoms with Crippen LogP contribution in [-0.4, -0.2) is 52.2 Å². The number of nitrogens with zero attached hydrogens (tertiary/aromatic N) is 4. The Balaban J connectivity index is 0.00000240. The number of rotatable bonds is 5. The number of halogens is 1. The molecule has 0 aliphatic carbocycles. The summed E-state index contributed by atoms with van der Waals surface area (Å²) in [6.07, 6.45) is 4.69. The predicted octanol–water partition coefficient (Wildman–Crippen LogP) is 3.96. The van der Waals surface area contributed by atoms with Gasteiger partial charge in [-0.05, 0) is 42.5 Å². The summed E-state index contributed by atoms with van der Waals surface area (Å²) in [5.74, 6) is 2.51. The molecule has 0 saturated carbocycles. The molecule has 1 aromatic heterocycles. The van der Waals surface area contributed by atoms with Crippen molar-refractivity contribution >= 4 is 40.7 Å². The molecule has 6 nitrogen and oxygen atoms in total. The standard InChI is InChI=1S/C22H28N6.HI/c1-2-23-22(28-14-11-19(12-15-28)21-25-16-26-27-21)24-13-10-18-8-5-7-17-6-3-4-9-20(17)18;/h3-9,16,19H,2,10-15H2,1H3,(H,23,24)(H,25,26,27);1H. The van der Waals surface area contributed by atoms with Crippen LogP contribution in [0.5, 0.6) is 0 Å². The smallest absolute Gasteiger partial charge is 0.193 e. The van der Waals surface area contributed by atoms with Crippen molar-refractivity contribution in [3.8, 4) is 0 Å². The second-order valence-electron chi connectivity index (χ2n) is 7.26. The second-order valence-corrected chi connectivity index (χ2v) is 7.26. The van der Waals surface area contributed by atoms with Crippen LogP contribution >= 0.6 is 24.0 Å². The van der Waals surface area contributed by atoms with Crippen molar-refractivity contribution in [2.45, 2.75) is 32.1 Å². The molecule has 0 radical (unpaired) electrons. The highest BCUT2D eigenvalue weighted by atomic mass is 127. The number of aromatic nitrogens is 3. The highest BCUT2D eigenvalue weighted by Crippen LogP contribution is 2.25. The van der Waals surface area contributed by atoms with Gasteiger partial charge in [0, 0.05) is 32.1 Å². The lowest BCUT2D eigenvalue weighted by Gasteiger charge is -2.33. The van der Waals surface area contributed by atoms with E-state index in [0.29, 0.717) is 5.92 Å². The van der Waals surface area contributed by atoms with Gasteiger partial charge in [0.25, 0.3) is 0 Å². The summed E-state index contributed by atoms with van der Waals surface area (Å²) in [7, 11) is 0. The molecule has 0 bridgehead atoms. The van der Waals surface area contributed by atoms with Crippen LogP contribution < -0.4 is 5.32 Å². The first kappa shape index (κ1) is 21.5. The lowest BCUT2D eigenvalue weighted by atomic mass is 9.96. The fourth-order valence-corrected chi connectivity index (χ4v) is 3.99. The Morgan fingerprint density at radius 3 is 2.72 bits per heavy atom. The normalized spacial score (nSPS) is 15.3. The maximum atomic E-state index is 4.92. The SMILES string of the molecule is CCNC(=NCCc1cccc2ccccc12)N1CCC(c2ncn[nH]2)CC1.I. The number of nitrogens with one attached hydrogen (secondary N) is 2. The zero-order chi connectivity index (χ0) is 19.2. The first-order chi connectivity index (χ1) is 13.8. The molecule has 29 heavy (non-hydrogen) atoms. The highest BCUT2D eigenvalue weighted by Gasteiger charge is 2.24. The van der Waals surface area contributed by atoms with Crippen LogP contribution in [0.2, 0.25) is 0 Å². The number of aliphatic imine (C=N–C) groups is 1. The third kappa shape index (κ3) is 5.26. The Morgan fingerprint density at radius 2 is 1.97 bits per heavy atom. The van der Waals surface area contributed by atoms with Crippen molar-refractivity contribution in [2.24, 2.45) is 4.99 Å². The summed E-state index contributed by atoms with van der Waals surface area (Å²) in [6.45, 7) is 5.78. The van der Waals surface area contributed by atoms with E-state index < -0.39 is 0 Å². The highest BCUT2D eigenvalue weighted by molar-refractivity contribution is 14.0. The molecule has 0 amide bonds. The van der Waals surface area contributed by atoms with Gasteiger partial charge in [0.2, 0.25) is 0 Å². The maximum Gasteiger partial charge on any atom is 0.193 e. The predicted molar refractivity (Wildman–Crippen MR) is 129 cm³/mol. The monoisotopic (exact) mass is 504 g/mol. The molecule has 1 saturated heterocycles. The van der Waals surface area contributed by atoms with Crippen molar-refractivity contribution in [1.82, 2.24) is 25.4 Å². The quantitative estimate of drug-likeness (QED) is 0.314. The Bertz CT molecular complexity index is 911. The molecule has 1 aliphatic rings. The van der Waals surface area contributed by atoms with Gasteiger partial charge >= 0.3 is 0 Å². The van der Waals surface area contributed by atoms with Gasteiger partial charge in [-0.3, -0.25) is 10.1 Å². The molecule has 1 aliphatic heterocycles. The van der Waals surface area contributed by atoms with Gasteiger partial charge in [-0.25, -0.2) is 4.98 Å². The Labute approximate surface area is 189 Å². The van der Waals surface area contributed by atoms with E-state index in [1.54, 1.807) is 6.33 Å². The number of fused-ring (bicyclic) bond motifs is 1. The second kappa shape index (κ2) is 10.6. The number of piperidine rings is 1. The van der Waals surface area contributed by atoms with Gasteiger partial charge in [-0.15, -0.1) is 24.0 Å². The molecular formula is C22H29IN6. The molecular weight excluding hydrogens is 475 g/mol. The van der Waals surface area contributed by atoms with Crippen molar-refractivity contribution in [1.29, 1.82) is 0 Å². The summed E-state index contributed by atoms with van der Waals surface area (Å²) < 4.78 is 0. The third-order valence-electron chi connectivity index (χ3n) is 5.47. The molecule has 0 atom stereocenters. The van der Waals surface area contributed by atoms with Gasteiger partial charge in [0.1, 0.15) is 12.2 Å². The maximum absolute atomic E-state index is 4.92. The largest absolute Gasteiger partial charge is 0.357 e. The number of hydrogen-bond donors (Lipinski definition) is 2. The minimum atomic E-state index is 0. The number of aromatic amines is 1. The fourth-order valence-electron chi connectivity index (χ4n) is 3.99. The molecule has 1 fully saturated rings. The average Bonchev–Trinajstić information content (AvgIpc) is 3.28. The van der Waals surface area contributed by atoms with Crippen LogP contribution in [0.1, 0.15) is 37.1 Å². The molecule has 7 heteroatoms. The molecule has 4 rings (SSSR count). The van der Waals surface area contributed by atoms with Crippen molar-refractivity contribution < 1.29 is 0 Å². The van der Waals surface area contributed by atoms with Crippen LogP contribution in [-0.2, 0) is 6.42 Å². The van der Waals surface area contributed by atoms with Crippen LogP contribution in [0.15, 0.2) is 53.8 Å². The lowest BCUT2D eigenvalue weighted by Crippen LogP contribution is -2.45. The van der Waals surface area contributed by atoms with E-state index in [1.165, 1.54) is 16.3 Å². The molecule has 2 heterocycles. The summed E-state index contributed by atoms with van der Waals surface area (Å²) in [4.78, 5) is 11.6. The van der Waals surface area contributed by atoms with Crippen molar-refractivity contribution in [2.75, 3.05) is 26.2 Å². The topological polar surface area (TPSA) is 69.2 Å². The Kier molecular flexibility index (Phi) is 7.85. The molecule has 0 unspecified atom stereocenters. The Hall–Kier alpha value is -2.16. The van der Waals surface area contributed by atoms with Gasteiger partial charge in [-0.2, -0.15) is 5.10 Å². The summed E-state index contributed by atoms with van der Waals surface area (Å²) >= 11 is 0. The summed E-state index contributed by atoms with van der Waals surface area (Å²) in [5.41, 5.74) is 1.36. The van der Waals surface area contributed by atoms with E-state index in [4.69, 9.17) is 4.99 Å². The first-order valence-electron chi connectivity index (χ1n) is 10.2. The van der Waals surface area contributed by atoms with E-state index in [2.05, 4.69) is 74.8 Å². The van der Waals surface area contributed by atoms with Gasteiger partial charge in [-0.1, -0.05) is 42.5 Å². The molecule has 2 aromatic carbocycles. The first-order valence-corrected chi connectivity index (χ1v) is 10.2. The number of H-pyrrole nitrogens is 1. The fraction of sp³-hybridized carbons (Fsp3) is 0.409. The number of benzene rings is 2. The zero-order valence-corrected chi connectivity index (χ0v) is 19.2. The molecule has 2 N–H and O–H groups in total. The van der Waals surface area contributed by atoms with E-state index in [9.17, 15) is 0 Å². The van der Waals surface area contributed by atoms with Gasteiger partial charge in [0.15, 0.2) is 5.96 Å². The van der Waals surface area contributed by atoms with Crippen LogP contribution in [0, 0.1) is 0 Å². The van der Waals surface area contributed by atoms with Gasteiger partial charge in [0.05, 0.1) is 0 Å². The van der Waals surface area contributed by atoms with Crippen molar-refractivity contribution in [3.63, 3.8) is 0 Å². The van der Waals surface area contributed by atoms with Crippen LogP contribution in [0.25, 0.3) is 10.8 Å². The molecule has 0 spiro atoms. The van der Waals surface area contributed by atoms with E-state index in [-0.39, 0.29) is 24.0 Å². The van der Waals surface area contributed by atoms with E-state index in [0.717, 1.165) is 57.2 Å². The van der Waals surface area contributed by atoms with Crippen LogP contribution in [0.4, 0.5) is 0 Å². The average molecular weight is 504 g/mol. The zero-order valence-electron chi connectivity index (χ0n) is 16.8. The number of hydrogen-bond acceptors (Lipinski definition) is 3. The lowest BCUT2D eigenvalue weighted by molar-refractivity contribution is 0.299. The molecule has 3 aromatic rings. The number of likely N-dealkylation sites (tertiary alicyclic amines) is 1. The molecule has 154 valence electrons. The third-order valence-corrected chi connectivity index (χ3v) is 5.47. The summed E-state index contributed by atoms with van der Waals surface area (Å²) in [5, 5.41) is 13.1. The van der Waals surface area contributed by atoms with E-state index in [1.807, 2.05) is 0 Å². The Morgan fingerprint density at radius 1 is 1.17 bits per heavy atom.